The van der Waals surface area contributed by atoms with E-state index in [0.717, 1.165) is 25.7 Å². The van der Waals surface area contributed by atoms with Gasteiger partial charge in [0.05, 0.1) is 12.0 Å². The molecule has 2 saturated carbocycles. The monoisotopic (exact) mass is 297 g/mol. The highest BCUT2D eigenvalue weighted by atomic mass is 16.4. The van der Waals surface area contributed by atoms with Crippen LogP contribution in [0.15, 0.2) is 0 Å². The topological polar surface area (TPSA) is 108 Å². The summed E-state index contributed by atoms with van der Waals surface area (Å²) >= 11 is 0. The Morgan fingerprint density at radius 2 is 1.86 bits per heavy atom. The van der Waals surface area contributed by atoms with Gasteiger partial charge in [0.15, 0.2) is 0 Å². The molecule has 0 heterocycles. The Labute approximate surface area is 123 Å². The lowest BCUT2D eigenvalue weighted by Crippen LogP contribution is -2.55. The van der Waals surface area contributed by atoms with E-state index in [1.54, 1.807) is 6.92 Å². The molecule has 0 bridgehead atoms. The third-order valence-electron chi connectivity index (χ3n) is 4.09. The van der Waals surface area contributed by atoms with E-state index >= 15 is 0 Å². The standard InChI is InChI=1S/C14H23N3O4/c1-9(12(20)16-10-4-5-10)15-13(21)17-14(8-11(18)19)6-2-3-7-14/h9-10H,2-8H2,1H3,(H,16,20)(H,18,19)(H2,15,17,21). The summed E-state index contributed by atoms with van der Waals surface area (Å²) in [4.78, 5) is 34.7. The largest absolute Gasteiger partial charge is 0.481 e. The molecule has 0 aromatic carbocycles. The zero-order chi connectivity index (χ0) is 15.5. The summed E-state index contributed by atoms with van der Waals surface area (Å²) in [6.07, 6.45) is 5.04. The molecule has 118 valence electrons. The molecule has 7 heteroatoms. The van der Waals surface area contributed by atoms with E-state index in [1.165, 1.54) is 0 Å². The minimum Gasteiger partial charge on any atom is -0.481 e. The van der Waals surface area contributed by atoms with Crippen LogP contribution in [0.25, 0.3) is 0 Å². The van der Waals surface area contributed by atoms with Gasteiger partial charge in [0.25, 0.3) is 0 Å². The second kappa shape index (κ2) is 6.32. The highest BCUT2D eigenvalue weighted by molar-refractivity contribution is 5.87. The van der Waals surface area contributed by atoms with Gasteiger partial charge in [0, 0.05) is 6.04 Å². The van der Waals surface area contributed by atoms with Crippen LogP contribution < -0.4 is 16.0 Å². The number of hydrogen-bond acceptors (Lipinski definition) is 3. The predicted octanol–water partition coefficient (Wildman–Crippen LogP) is 0.740. The lowest BCUT2D eigenvalue weighted by Gasteiger charge is -2.29. The fourth-order valence-corrected chi connectivity index (χ4v) is 2.78. The summed E-state index contributed by atoms with van der Waals surface area (Å²) in [6.45, 7) is 1.62. The number of nitrogens with one attached hydrogen (secondary N) is 3. The van der Waals surface area contributed by atoms with Gasteiger partial charge >= 0.3 is 12.0 Å². The lowest BCUT2D eigenvalue weighted by atomic mass is 9.93. The molecule has 0 aliphatic heterocycles. The summed E-state index contributed by atoms with van der Waals surface area (Å²) in [5.41, 5.74) is -0.678. The Morgan fingerprint density at radius 1 is 1.24 bits per heavy atom. The molecule has 0 radical (unpaired) electrons. The SMILES string of the molecule is CC(NC(=O)NC1(CC(=O)O)CCCC1)C(=O)NC1CC1. The van der Waals surface area contributed by atoms with Gasteiger partial charge < -0.3 is 21.1 Å². The number of hydrogen-bond donors (Lipinski definition) is 4. The fraction of sp³-hybridized carbons (Fsp3) is 0.786. The summed E-state index contributed by atoms with van der Waals surface area (Å²) < 4.78 is 0. The molecule has 2 rings (SSSR count). The zero-order valence-electron chi connectivity index (χ0n) is 12.3. The first-order chi connectivity index (χ1) is 9.90. The molecule has 7 nitrogen and oxygen atoms in total. The molecule has 0 saturated heterocycles. The zero-order valence-corrected chi connectivity index (χ0v) is 12.3. The van der Waals surface area contributed by atoms with E-state index in [0.29, 0.717) is 12.8 Å². The van der Waals surface area contributed by atoms with Crippen LogP contribution in [-0.2, 0) is 9.59 Å². The number of urea groups is 1. The Hall–Kier alpha value is -1.79. The van der Waals surface area contributed by atoms with Crippen LogP contribution in [0.1, 0.15) is 51.9 Å². The highest BCUT2D eigenvalue weighted by Gasteiger charge is 2.38. The van der Waals surface area contributed by atoms with Crippen LogP contribution in [-0.4, -0.2) is 40.6 Å². The van der Waals surface area contributed by atoms with Crippen LogP contribution in [0.5, 0.6) is 0 Å². The van der Waals surface area contributed by atoms with Gasteiger partial charge in [-0.3, -0.25) is 9.59 Å². The molecule has 21 heavy (non-hydrogen) atoms. The summed E-state index contributed by atoms with van der Waals surface area (Å²) in [6, 6.07) is -0.858. The first-order valence-electron chi connectivity index (χ1n) is 7.51. The molecule has 2 aliphatic carbocycles. The van der Waals surface area contributed by atoms with Crippen LogP contribution in [0, 0.1) is 0 Å². The van der Waals surface area contributed by atoms with Crippen LogP contribution >= 0.6 is 0 Å². The second-order valence-electron chi connectivity index (χ2n) is 6.16. The van der Waals surface area contributed by atoms with Crippen LogP contribution in [0.3, 0.4) is 0 Å². The Balaban J connectivity index is 1.83. The van der Waals surface area contributed by atoms with Gasteiger partial charge in [-0.2, -0.15) is 0 Å². The van der Waals surface area contributed by atoms with Crippen molar-refractivity contribution in [3.8, 4) is 0 Å². The molecular weight excluding hydrogens is 274 g/mol. The predicted molar refractivity (Wildman–Crippen MR) is 75.7 cm³/mol. The molecule has 2 fully saturated rings. The summed E-state index contributed by atoms with van der Waals surface area (Å²) in [5.74, 6) is -1.12. The quantitative estimate of drug-likeness (QED) is 0.580. The highest BCUT2D eigenvalue weighted by Crippen LogP contribution is 2.32. The van der Waals surface area contributed by atoms with Crippen LogP contribution in [0.2, 0.25) is 0 Å². The second-order valence-corrected chi connectivity index (χ2v) is 6.16. The number of rotatable bonds is 6. The average molecular weight is 297 g/mol. The molecule has 0 aromatic rings. The van der Waals surface area contributed by atoms with Crippen molar-refractivity contribution in [2.45, 2.75) is 69.5 Å². The Kier molecular flexibility index (Phi) is 4.69. The molecule has 3 amide bonds. The lowest BCUT2D eigenvalue weighted by molar-refractivity contribution is -0.138. The number of carbonyl (C=O) groups excluding carboxylic acids is 2. The molecular formula is C14H23N3O4. The van der Waals surface area contributed by atoms with E-state index in [-0.39, 0.29) is 18.4 Å². The molecule has 1 atom stereocenters. The minimum absolute atomic E-state index is 0.0803. The Bertz CT molecular complexity index is 428. The van der Waals surface area contributed by atoms with Crippen molar-refractivity contribution >= 4 is 17.9 Å². The van der Waals surface area contributed by atoms with E-state index in [9.17, 15) is 14.4 Å². The molecule has 4 N–H and O–H groups in total. The van der Waals surface area contributed by atoms with Gasteiger partial charge in [0.1, 0.15) is 6.04 Å². The van der Waals surface area contributed by atoms with Crippen molar-refractivity contribution in [3.05, 3.63) is 0 Å². The normalized spacial score (nSPS) is 21.4. The van der Waals surface area contributed by atoms with Gasteiger partial charge in [-0.25, -0.2) is 4.79 Å². The maximum Gasteiger partial charge on any atom is 0.315 e. The maximum atomic E-state index is 12.0. The van der Waals surface area contributed by atoms with E-state index in [4.69, 9.17) is 5.11 Å². The van der Waals surface area contributed by atoms with E-state index in [2.05, 4.69) is 16.0 Å². The number of aliphatic carboxylic acids is 1. The molecule has 0 aromatic heterocycles. The molecule has 2 aliphatic rings. The smallest absolute Gasteiger partial charge is 0.315 e. The van der Waals surface area contributed by atoms with Gasteiger partial charge in [-0.1, -0.05) is 12.8 Å². The number of amides is 3. The minimum atomic E-state index is -0.920. The van der Waals surface area contributed by atoms with Crippen molar-refractivity contribution in [2.24, 2.45) is 0 Å². The average Bonchev–Trinajstić information content (AvgIpc) is 3.07. The number of carboxylic acids is 1. The molecule has 0 spiro atoms. The van der Waals surface area contributed by atoms with Crippen molar-refractivity contribution in [3.63, 3.8) is 0 Å². The van der Waals surface area contributed by atoms with Gasteiger partial charge in [0.2, 0.25) is 5.91 Å². The first kappa shape index (κ1) is 15.6. The number of carboxylic acid groups (broad SMARTS) is 1. The van der Waals surface area contributed by atoms with Gasteiger partial charge in [-0.15, -0.1) is 0 Å². The first-order valence-corrected chi connectivity index (χ1v) is 7.51. The van der Waals surface area contributed by atoms with Gasteiger partial charge in [-0.05, 0) is 32.6 Å². The third-order valence-corrected chi connectivity index (χ3v) is 4.09. The summed E-state index contributed by atoms with van der Waals surface area (Å²) in [7, 11) is 0. The molecule has 1 unspecified atom stereocenters. The van der Waals surface area contributed by atoms with E-state index in [1.807, 2.05) is 0 Å². The fourth-order valence-electron chi connectivity index (χ4n) is 2.78. The van der Waals surface area contributed by atoms with Crippen LogP contribution in [0.4, 0.5) is 4.79 Å². The Morgan fingerprint density at radius 3 is 2.38 bits per heavy atom. The van der Waals surface area contributed by atoms with Crippen molar-refractivity contribution in [2.75, 3.05) is 0 Å². The van der Waals surface area contributed by atoms with Crippen molar-refractivity contribution in [1.29, 1.82) is 0 Å². The van der Waals surface area contributed by atoms with Crippen molar-refractivity contribution < 1.29 is 19.5 Å². The third kappa shape index (κ3) is 4.61. The van der Waals surface area contributed by atoms with E-state index < -0.39 is 23.6 Å². The maximum absolute atomic E-state index is 12.0. The number of carbonyl (C=O) groups is 3. The summed E-state index contributed by atoms with van der Waals surface area (Å²) in [5, 5.41) is 17.2. The van der Waals surface area contributed by atoms with Crippen molar-refractivity contribution in [1.82, 2.24) is 16.0 Å².